The summed E-state index contributed by atoms with van der Waals surface area (Å²) >= 11 is 0. The van der Waals surface area contributed by atoms with E-state index in [2.05, 4.69) is 32.1 Å². The van der Waals surface area contributed by atoms with Crippen LogP contribution in [0.3, 0.4) is 0 Å². The number of unbranched alkanes of at least 4 members (excludes halogenated alkanes) is 2. The van der Waals surface area contributed by atoms with Crippen LogP contribution in [0.25, 0.3) is 0 Å². The number of aliphatic hydroxyl groups is 2. The standard InChI is InChI=1S/C8H14O4.C8H12O4.C4H10O2.2C4H8O.C4H6.2CH4.H2O/c2*1-7(9)11-5-3-4-6-12-8(2)10;5-3-1-2-4-6;2*1-2-4-5-3-1;1-3-4-2;;;/h3-6H2,1-2H3;3-4H,5-6H2,1-2H3;5-6H,1-4H2;2*1-4H2;3-4H,1-2H2;2*1H4;1H2/b;4-3+;;;;;;;. The highest BCUT2D eigenvalue weighted by Gasteiger charge is 1.96. The third-order valence-corrected chi connectivity index (χ3v) is 4.47. The molecule has 0 saturated carbocycles. The fourth-order valence-electron chi connectivity index (χ4n) is 2.35. The second-order valence-corrected chi connectivity index (χ2v) is 8.73. The van der Waals surface area contributed by atoms with Gasteiger partial charge < -0.3 is 44.1 Å². The van der Waals surface area contributed by atoms with Gasteiger partial charge >= 0.3 is 23.9 Å². The second-order valence-electron chi connectivity index (χ2n) is 8.73. The summed E-state index contributed by atoms with van der Waals surface area (Å²) < 4.78 is 28.4. The van der Waals surface area contributed by atoms with Crippen molar-refractivity contribution < 1.29 is 63.3 Å². The highest BCUT2D eigenvalue weighted by Crippen LogP contribution is 1.99. The molecule has 13 nitrogen and oxygen atoms in total. The van der Waals surface area contributed by atoms with Crippen LogP contribution in [0.4, 0.5) is 0 Å². The maximum atomic E-state index is 10.3. The molecule has 0 aromatic carbocycles. The smallest absolute Gasteiger partial charge is 0.302 e. The van der Waals surface area contributed by atoms with Gasteiger partial charge in [-0.3, -0.25) is 19.2 Å². The second kappa shape index (κ2) is 55.3. The molecule has 2 saturated heterocycles. The highest BCUT2D eigenvalue weighted by molar-refractivity contribution is 5.66. The van der Waals surface area contributed by atoms with Crippen LogP contribution in [0.5, 0.6) is 0 Å². The Morgan fingerprint density at radius 2 is 0.851 bits per heavy atom. The summed E-state index contributed by atoms with van der Waals surface area (Å²) in [5, 5.41) is 16.2. The van der Waals surface area contributed by atoms with Crippen LogP contribution in [-0.4, -0.2) is 106 Å². The fourth-order valence-corrected chi connectivity index (χ4v) is 2.35. The number of carbonyl (C=O) groups is 4. The van der Waals surface area contributed by atoms with Gasteiger partial charge in [-0.05, 0) is 63.5 Å². The molecule has 47 heavy (non-hydrogen) atoms. The minimum Gasteiger partial charge on any atom is -0.466 e. The van der Waals surface area contributed by atoms with Crippen LogP contribution in [-0.2, 0) is 47.6 Å². The molecule has 0 unspecified atom stereocenters. The van der Waals surface area contributed by atoms with Gasteiger partial charge in [-0.1, -0.05) is 40.2 Å². The van der Waals surface area contributed by atoms with E-state index in [9.17, 15) is 19.2 Å². The Morgan fingerprint density at radius 3 is 1.02 bits per heavy atom. The van der Waals surface area contributed by atoms with E-state index in [0.29, 0.717) is 13.2 Å². The van der Waals surface area contributed by atoms with Crippen molar-refractivity contribution in [2.24, 2.45) is 0 Å². The normalized spacial score (nSPS) is 11.5. The first kappa shape index (κ1) is 59.3. The van der Waals surface area contributed by atoms with Crippen molar-refractivity contribution in [3.63, 3.8) is 0 Å². The van der Waals surface area contributed by atoms with Gasteiger partial charge in [-0.25, -0.2) is 0 Å². The quantitative estimate of drug-likeness (QED) is 0.0893. The molecule has 2 rings (SSSR count). The predicted molar refractivity (Wildman–Crippen MR) is 186 cm³/mol. The summed E-state index contributed by atoms with van der Waals surface area (Å²) in [7, 11) is 0. The molecule has 0 radical (unpaired) electrons. The van der Waals surface area contributed by atoms with Crippen LogP contribution in [0.15, 0.2) is 37.5 Å². The minimum absolute atomic E-state index is 0. The third-order valence-electron chi connectivity index (χ3n) is 4.47. The van der Waals surface area contributed by atoms with Crippen molar-refractivity contribution in [1.29, 1.82) is 0 Å². The van der Waals surface area contributed by atoms with E-state index in [0.717, 1.165) is 52.1 Å². The average Bonchev–Trinajstić information content (AvgIpc) is 3.76. The van der Waals surface area contributed by atoms with E-state index in [1.54, 1.807) is 24.3 Å². The Morgan fingerprint density at radius 1 is 0.574 bits per heavy atom. The number of esters is 4. The van der Waals surface area contributed by atoms with Crippen molar-refractivity contribution in [3.8, 4) is 0 Å². The third kappa shape index (κ3) is 85.9. The fraction of sp³-hybridized carbons (Fsp3) is 0.706. The van der Waals surface area contributed by atoms with Crippen molar-refractivity contribution in [3.05, 3.63) is 37.5 Å². The van der Waals surface area contributed by atoms with E-state index >= 15 is 0 Å². The summed E-state index contributed by atoms with van der Waals surface area (Å²) in [6.45, 7) is 17.7. The number of aliphatic hydroxyl groups excluding tert-OH is 2. The maximum Gasteiger partial charge on any atom is 0.302 e. The average molecular weight is 685 g/mol. The number of carbonyl (C=O) groups excluding carboxylic acids is 4. The Bertz CT molecular complexity index is 629. The van der Waals surface area contributed by atoms with E-state index in [1.807, 2.05) is 0 Å². The summed E-state index contributed by atoms with van der Waals surface area (Å²) in [6.07, 6.45) is 14.5. The highest BCUT2D eigenvalue weighted by atomic mass is 16.5. The lowest BCUT2D eigenvalue weighted by atomic mass is 10.3. The lowest BCUT2D eigenvalue weighted by Gasteiger charge is -2.01. The lowest BCUT2D eigenvalue weighted by Crippen LogP contribution is -2.04. The molecule has 13 heteroatoms. The molecule has 0 aromatic rings. The molecule has 2 aliphatic heterocycles. The van der Waals surface area contributed by atoms with Gasteiger partial charge in [0.05, 0.1) is 13.2 Å². The van der Waals surface area contributed by atoms with Crippen molar-refractivity contribution in [1.82, 2.24) is 0 Å². The SMILES string of the molecule is C.C.C1CCOC1.C1CCOC1.C=CC=C.CC(=O)OC/C=C/COC(C)=O.CC(=O)OCCCCOC(C)=O.O.OCCCCO. The predicted octanol–water partition coefficient (Wildman–Crippen LogP) is 4.71. The van der Waals surface area contributed by atoms with Crippen molar-refractivity contribution in [2.75, 3.05) is 66.1 Å². The molecular weight excluding hydrogens is 616 g/mol. The lowest BCUT2D eigenvalue weighted by molar-refractivity contribution is -0.143. The number of hydrogen-bond donors (Lipinski definition) is 2. The van der Waals surface area contributed by atoms with Gasteiger partial charge in [-0.15, -0.1) is 0 Å². The van der Waals surface area contributed by atoms with Gasteiger partial charge in [0.15, 0.2) is 0 Å². The first-order chi connectivity index (χ1) is 21.1. The summed E-state index contributed by atoms with van der Waals surface area (Å²) in [5.41, 5.74) is 0. The first-order valence-corrected chi connectivity index (χ1v) is 14.9. The summed E-state index contributed by atoms with van der Waals surface area (Å²) in [6, 6.07) is 0. The van der Waals surface area contributed by atoms with Crippen LogP contribution in [0.1, 0.15) is 93.9 Å². The van der Waals surface area contributed by atoms with E-state index in [-0.39, 0.29) is 70.6 Å². The Labute approximate surface area is 284 Å². The molecule has 0 aliphatic carbocycles. The molecular formula is C34H68O13. The number of rotatable bonds is 13. The Hall–Kier alpha value is -3.10. The molecule has 2 fully saturated rings. The topological polar surface area (TPSA) is 196 Å². The zero-order valence-corrected chi connectivity index (χ0v) is 27.9. The molecule has 0 aromatic heterocycles. The van der Waals surface area contributed by atoms with Gasteiger partial charge in [0.25, 0.3) is 0 Å². The largest absolute Gasteiger partial charge is 0.466 e. The zero-order valence-electron chi connectivity index (χ0n) is 27.9. The van der Waals surface area contributed by atoms with Gasteiger partial charge in [0.2, 0.25) is 0 Å². The maximum absolute atomic E-state index is 10.3. The van der Waals surface area contributed by atoms with E-state index in [1.165, 1.54) is 53.4 Å². The van der Waals surface area contributed by atoms with Crippen LogP contribution in [0.2, 0.25) is 0 Å². The van der Waals surface area contributed by atoms with E-state index in [4.69, 9.17) is 19.7 Å². The summed E-state index contributed by atoms with van der Waals surface area (Å²) in [5.74, 6) is -1.20. The molecule has 2 heterocycles. The van der Waals surface area contributed by atoms with Gasteiger partial charge in [0, 0.05) is 67.3 Å². The molecule has 0 bridgehead atoms. The van der Waals surface area contributed by atoms with Crippen LogP contribution in [0, 0.1) is 0 Å². The van der Waals surface area contributed by atoms with Gasteiger partial charge in [0.1, 0.15) is 13.2 Å². The van der Waals surface area contributed by atoms with Crippen LogP contribution >= 0.6 is 0 Å². The molecule has 282 valence electrons. The minimum atomic E-state index is -0.327. The van der Waals surface area contributed by atoms with Crippen molar-refractivity contribution in [2.45, 2.75) is 93.9 Å². The van der Waals surface area contributed by atoms with Crippen molar-refractivity contribution >= 4 is 23.9 Å². The molecule has 0 amide bonds. The molecule has 2 aliphatic rings. The Kier molecular flexibility index (Phi) is 69.8. The molecule has 0 spiro atoms. The number of ether oxygens (including phenoxy) is 6. The molecule has 0 atom stereocenters. The van der Waals surface area contributed by atoms with E-state index < -0.39 is 0 Å². The summed E-state index contributed by atoms with van der Waals surface area (Å²) in [4.78, 5) is 41.0. The van der Waals surface area contributed by atoms with Crippen LogP contribution < -0.4 is 0 Å². The molecule has 4 N–H and O–H groups in total. The number of allylic oxidation sites excluding steroid dienone is 2. The monoisotopic (exact) mass is 684 g/mol. The zero-order chi connectivity index (χ0) is 34.1. The Balaban J connectivity index is -0.0000000847. The first-order valence-electron chi connectivity index (χ1n) is 14.9. The number of hydrogen-bond acceptors (Lipinski definition) is 12. The van der Waals surface area contributed by atoms with Gasteiger partial charge in [-0.2, -0.15) is 0 Å².